The molecule has 38 heavy (non-hydrogen) atoms. The number of benzene rings is 2. The fraction of sp³-hybridized carbons (Fsp3) is 0.379. The van der Waals surface area contributed by atoms with Crippen LogP contribution in [0.25, 0.3) is 0 Å². The summed E-state index contributed by atoms with van der Waals surface area (Å²) in [6.45, 7) is 8.10. The summed E-state index contributed by atoms with van der Waals surface area (Å²) in [5.41, 5.74) is 8.82. The molecule has 1 saturated heterocycles. The predicted octanol–water partition coefficient (Wildman–Crippen LogP) is 5.14. The molecule has 2 aliphatic rings. The van der Waals surface area contributed by atoms with E-state index in [-0.39, 0.29) is 40.6 Å². The lowest BCUT2D eigenvalue weighted by molar-refractivity contribution is -0.143. The molecular formula is C29H33Cl2N3O4. The van der Waals surface area contributed by atoms with E-state index in [1.807, 2.05) is 18.2 Å². The number of nitrogens with zero attached hydrogens (tertiary/aromatic N) is 1. The van der Waals surface area contributed by atoms with Gasteiger partial charge >= 0.3 is 11.9 Å². The number of nitrogens with two attached hydrogens (primary N) is 1. The van der Waals surface area contributed by atoms with Gasteiger partial charge in [0, 0.05) is 24.7 Å². The van der Waals surface area contributed by atoms with E-state index in [1.54, 1.807) is 39.0 Å². The molecule has 0 spiro atoms. The average molecular weight is 559 g/mol. The first-order valence-corrected chi connectivity index (χ1v) is 13.5. The zero-order valence-electron chi connectivity index (χ0n) is 21.8. The molecule has 0 radical (unpaired) electrons. The lowest BCUT2D eigenvalue weighted by Crippen LogP contribution is -2.37. The SMILES string of the molecule is CC1=C(C(=O)OCC2CCN(Cc3ccccc3)C2)C(c2cccc(Cl)c2Cl)C(C(=O)OC(C)C)=C(N)N1. The van der Waals surface area contributed by atoms with Crippen molar-refractivity contribution in [1.82, 2.24) is 10.2 Å². The van der Waals surface area contributed by atoms with E-state index in [2.05, 4.69) is 22.3 Å². The van der Waals surface area contributed by atoms with Crippen LogP contribution in [0.15, 0.2) is 71.2 Å². The number of halogens is 2. The van der Waals surface area contributed by atoms with Gasteiger partial charge in [0.25, 0.3) is 0 Å². The molecule has 2 atom stereocenters. The van der Waals surface area contributed by atoms with Crippen LogP contribution in [0.5, 0.6) is 0 Å². The van der Waals surface area contributed by atoms with E-state index >= 15 is 0 Å². The van der Waals surface area contributed by atoms with Gasteiger partial charge in [-0.3, -0.25) is 4.90 Å². The van der Waals surface area contributed by atoms with Crippen LogP contribution < -0.4 is 11.1 Å². The van der Waals surface area contributed by atoms with Gasteiger partial charge in [-0.05, 0) is 50.9 Å². The molecule has 1 fully saturated rings. The maximum absolute atomic E-state index is 13.6. The standard InChI is InChI=1S/C29H33Cl2N3O4/c1-17(2)38-29(36)25-24(21-10-7-11-22(30)26(21)31)23(18(3)33-27(25)32)28(35)37-16-20-12-13-34(15-20)14-19-8-5-4-6-9-19/h4-11,17,20,24,33H,12-16,32H2,1-3H3. The number of hydrogen-bond donors (Lipinski definition) is 2. The van der Waals surface area contributed by atoms with Gasteiger partial charge in [-0.25, -0.2) is 9.59 Å². The number of allylic oxidation sites excluding steroid dienone is 1. The average Bonchev–Trinajstić information content (AvgIpc) is 3.31. The zero-order valence-corrected chi connectivity index (χ0v) is 23.3. The molecule has 0 bridgehead atoms. The van der Waals surface area contributed by atoms with Crippen molar-refractivity contribution in [1.29, 1.82) is 0 Å². The predicted molar refractivity (Wildman–Crippen MR) is 148 cm³/mol. The summed E-state index contributed by atoms with van der Waals surface area (Å²) < 4.78 is 11.3. The molecule has 3 N–H and O–H groups in total. The highest BCUT2D eigenvalue weighted by Gasteiger charge is 2.40. The number of nitrogens with one attached hydrogen (secondary N) is 1. The fourth-order valence-electron chi connectivity index (χ4n) is 4.99. The second-order valence-corrected chi connectivity index (χ2v) is 10.8. The van der Waals surface area contributed by atoms with Gasteiger partial charge in [0.2, 0.25) is 0 Å². The maximum atomic E-state index is 13.6. The van der Waals surface area contributed by atoms with Crippen molar-refractivity contribution < 1.29 is 19.1 Å². The summed E-state index contributed by atoms with van der Waals surface area (Å²) in [5, 5.41) is 3.49. The van der Waals surface area contributed by atoms with Crippen molar-refractivity contribution in [2.75, 3.05) is 19.7 Å². The minimum atomic E-state index is -0.903. The Kier molecular flexibility index (Phi) is 9.03. The first-order chi connectivity index (χ1) is 18.2. The summed E-state index contributed by atoms with van der Waals surface area (Å²) >= 11 is 12.9. The highest BCUT2D eigenvalue weighted by molar-refractivity contribution is 6.42. The Hall–Kier alpha value is -3.00. The molecule has 2 heterocycles. The number of esters is 2. The second-order valence-electron chi connectivity index (χ2n) is 10.00. The highest BCUT2D eigenvalue weighted by Crippen LogP contribution is 2.43. The Morgan fingerprint density at radius 2 is 1.82 bits per heavy atom. The minimum Gasteiger partial charge on any atom is -0.462 e. The quantitative estimate of drug-likeness (QED) is 0.434. The molecule has 2 aliphatic heterocycles. The van der Waals surface area contributed by atoms with Gasteiger partial charge in [-0.15, -0.1) is 0 Å². The monoisotopic (exact) mass is 557 g/mol. The van der Waals surface area contributed by atoms with E-state index in [4.69, 9.17) is 38.4 Å². The summed E-state index contributed by atoms with van der Waals surface area (Å²) in [7, 11) is 0. The van der Waals surface area contributed by atoms with E-state index in [1.165, 1.54) is 5.56 Å². The number of carbonyl (C=O) groups is 2. The Bertz CT molecular complexity index is 1260. The summed E-state index contributed by atoms with van der Waals surface area (Å²) in [5.74, 6) is -1.78. The third-order valence-electron chi connectivity index (χ3n) is 6.74. The molecule has 202 valence electrons. The van der Waals surface area contributed by atoms with Crippen LogP contribution >= 0.6 is 23.2 Å². The van der Waals surface area contributed by atoms with Crippen molar-refractivity contribution >= 4 is 35.1 Å². The number of hydrogen-bond acceptors (Lipinski definition) is 7. The van der Waals surface area contributed by atoms with Crippen LogP contribution in [-0.2, 0) is 25.6 Å². The van der Waals surface area contributed by atoms with Crippen molar-refractivity contribution in [3.63, 3.8) is 0 Å². The summed E-state index contributed by atoms with van der Waals surface area (Å²) in [4.78, 5) is 29.1. The lowest BCUT2D eigenvalue weighted by Gasteiger charge is -2.31. The van der Waals surface area contributed by atoms with Crippen molar-refractivity contribution in [3.05, 3.63) is 92.4 Å². The molecule has 0 aromatic heterocycles. The van der Waals surface area contributed by atoms with Crippen molar-refractivity contribution in [3.8, 4) is 0 Å². The number of likely N-dealkylation sites (tertiary alicyclic amines) is 1. The molecule has 2 aromatic rings. The van der Waals surface area contributed by atoms with Crippen LogP contribution in [0.4, 0.5) is 0 Å². The van der Waals surface area contributed by atoms with Crippen LogP contribution in [0.1, 0.15) is 44.2 Å². The van der Waals surface area contributed by atoms with Gasteiger partial charge in [0.1, 0.15) is 5.82 Å². The molecule has 0 aliphatic carbocycles. The largest absolute Gasteiger partial charge is 0.462 e. The van der Waals surface area contributed by atoms with Gasteiger partial charge in [-0.2, -0.15) is 0 Å². The van der Waals surface area contributed by atoms with Gasteiger partial charge in [-0.1, -0.05) is 65.7 Å². The lowest BCUT2D eigenvalue weighted by atomic mass is 9.81. The van der Waals surface area contributed by atoms with E-state index < -0.39 is 17.9 Å². The number of carbonyl (C=O) groups excluding carboxylic acids is 2. The fourth-order valence-corrected chi connectivity index (χ4v) is 5.41. The zero-order chi connectivity index (χ0) is 27.4. The molecule has 4 rings (SSSR count). The maximum Gasteiger partial charge on any atom is 0.338 e. The van der Waals surface area contributed by atoms with Crippen LogP contribution in [0, 0.1) is 5.92 Å². The molecule has 9 heteroatoms. The molecule has 7 nitrogen and oxygen atoms in total. The Morgan fingerprint density at radius 1 is 1.08 bits per heavy atom. The molecule has 2 aromatic carbocycles. The van der Waals surface area contributed by atoms with E-state index in [9.17, 15) is 9.59 Å². The van der Waals surface area contributed by atoms with Gasteiger partial charge < -0.3 is 20.5 Å². The summed E-state index contributed by atoms with van der Waals surface area (Å²) in [6, 6.07) is 15.4. The van der Waals surface area contributed by atoms with E-state index in [0.717, 1.165) is 26.1 Å². The highest BCUT2D eigenvalue weighted by atomic mass is 35.5. The second kappa shape index (κ2) is 12.2. The third kappa shape index (κ3) is 6.34. The Morgan fingerprint density at radius 3 is 2.53 bits per heavy atom. The Balaban J connectivity index is 1.54. The topological polar surface area (TPSA) is 93.9 Å². The van der Waals surface area contributed by atoms with Gasteiger partial charge in [0.05, 0.1) is 39.8 Å². The first kappa shape index (κ1) is 28.0. The molecule has 0 amide bonds. The molecule has 0 saturated carbocycles. The minimum absolute atomic E-state index is 0.0929. The first-order valence-electron chi connectivity index (χ1n) is 12.7. The normalized spacial score (nSPS) is 20.1. The number of rotatable bonds is 8. The van der Waals surface area contributed by atoms with Crippen molar-refractivity contribution in [2.24, 2.45) is 11.7 Å². The van der Waals surface area contributed by atoms with Gasteiger partial charge in [0.15, 0.2) is 0 Å². The van der Waals surface area contributed by atoms with E-state index in [0.29, 0.717) is 16.3 Å². The molecular weight excluding hydrogens is 525 g/mol. The number of dihydropyridines is 1. The molecule has 2 unspecified atom stereocenters. The summed E-state index contributed by atoms with van der Waals surface area (Å²) in [6.07, 6.45) is 0.542. The van der Waals surface area contributed by atoms with Crippen LogP contribution in [0.2, 0.25) is 10.0 Å². The van der Waals surface area contributed by atoms with Crippen LogP contribution in [-0.4, -0.2) is 42.6 Å². The van der Waals surface area contributed by atoms with Crippen molar-refractivity contribution in [2.45, 2.75) is 45.8 Å². The Labute approximate surface area is 233 Å². The number of ether oxygens (including phenoxy) is 2. The third-order valence-corrected chi connectivity index (χ3v) is 7.57. The smallest absolute Gasteiger partial charge is 0.338 e. The van der Waals surface area contributed by atoms with Crippen LogP contribution in [0.3, 0.4) is 0 Å².